The highest BCUT2D eigenvalue weighted by Gasteiger charge is 2.10. The number of hydrogen-bond acceptors (Lipinski definition) is 2. The lowest BCUT2D eigenvalue weighted by Crippen LogP contribution is -2.29. The Morgan fingerprint density at radius 1 is 0.909 bits per heavy atom. The first kappa shape index (κ1) is 15.1. The van der Waals surface area contributed by atoms with Crippen LogP contribution in [0.15, 0.2) is 48.5 Å². The molecule has 22 heavy (non-hydrogen) atoms. The van der Waals surface area contributed by atoms with Crippen molar-refractivity contribution in [2.45, 2.75) is 39.3 Å². The van der Waals surface area contributed by atoms with Gasteiger partial charge in [0.1, 0.15) is 12.4 Å². The molecule has 1 saturated heterocycles. The van der Waals surface area contributed by atoms with Crippen molar-refractivity contribution in [1.82, 2.24) is 4.90 Å². The molecule has 2 heteroatoms. The molecule has 1 aliphatic rings. The SMILES string of the molecule is Cc1cccc(OCc2ccc(CN3CCCCC3)cc2)c1. The van der Waals surface area contributed by atoms with Crippen LogP contribution in [-0.2, 0) is 13.2 Å². The zero-order valence-electron chi connectivity index (χ0n) is 13.4. The Morgan fingerprint density at radius 2 is 1.64 bits per heavy atom. The van der Waals surface area contributed by atoms with Crippen molar-refractivity contribution in [3.05, 3.63) is 65.2 Å². The van der Waals surface area contributed by atoms with Gasteiger partial charge in [-0.2, -0.15) is 0 Å². The zero-order valence-corrected chi connectivity index (χ0v) is 13.4. The summed E-state index contributed by atoms with van der Waals surface area (Å²) >= 11 is 0. The minimum Gasteiger partial charge on any atom is -0.489 e. The van der Waals surface area contributed by atoms with E-state index in [1.54, 1.807) is 0 Å². The highest BCUT2D eigenvalue weighted by atomic mass is 16.5. The molecule has 0 saturated carbocycles. The van der Waals surface area contributed by atoms with Crippen LogP contribution in [0.4, 0.5) is 0 Å². The van der Waals surface area contributed by atoms with E-state index in [0.29, 0.717) is 6.61 Å². The van der Waals surface area contributed by atoms with Crippen molar-refractivity contribution in [1.29, 1.82) is 0 Å². The van der Waals surface area contributed by atoms with Crippen molar-refractivity contribution in [2.75, 3.05) is 13.1 Å². The third-order valence-electron chi connectivity index (χ3n) is 4.27. The summed E-state index contributed by atoms with van der Waals surface area (Å²) in [6.45, 7) is 6.30. The monoisotopic (exact) mass is 295 g/mol. The molecule has 2 nitrogen and oxygen atoms in total. The zero-order chi connectivity index (χ0) is 15.2. The average molecular weight is 295 g/mol. The molecular weight excluding hydrogens is 270 g/mol. The van der Waals surface area contributed by atoms with Gasteiger partial charge in [0.05, 0.1) is 0 Å². The van der Waals surface area contributed by atoms with Crippen LogP contribution in [0.25, 0.3) is 0 Å². The van der Waals surface area contributed by atoms with Crippen molar-refractivity contribution >= 4 is 0 Å². The smallest absolute Gasteiger partial charge is 0.120 e. The van der Waals surface area contributed by atoms with Crippen LogP contribution in [0.3, 0.4) is 0 Å². The molecule has 1 fully saturated rings. The fourth-order valence-corrected chi connectivity index (χ4v) is 2.99. The van der Waals surface area contributed by atoms with Gasteiger partial charge < -0.3 is 4.74 Å². The Morgan fingerprint density at radius 3 is 2.36 bits per heavy atom. The topological polar surface area (TPSA) is 12.5 Å². The number of likely N-dealkylation sites (tertiary alicyclic amines) is 1. The number of hydrogen-bond donors (Lipinski definition) is 0. The fourth-order valence-electron chi connectivity index (χ4n) is 2.99. The maximum atomic E-state index is 5.85. The number of benzene rings is 2. The van der Waals surface area contributed by atoms with Gasteiger partial charge in [-0.3, -0.25) is 4.90 Å². The van der Waals surface area contributed by atoms with Crippen LogP contribution in [0.1, 0.15) is 36.0 Å². The molecule has 2 aromatic carbocycles. The summed E-state index contributed by atoms with van der Waals surface area (Å²) in [5, 5.41) is 0. The van der Waals surface area contributed by atoms with Crippen LogP contribution in [0.5, 0.6) is 5.75 Å². The second-order valence-electron chi connectivity index (χ2n) is 6.26. The van der Waals surface area contributed by atoms with Gasteiger partial charge >= 0.3 is 0 Å². The van der Waals surface area contributed by atoms with Crippen molar-refractivity contribution in [3.63, 3.8) is 0 Å². The predicted molar refractivity (Wildman–Crippen MR) is 91.1 cm³/mol. The first-order valence-electron chi connectivity index (χ1n) is 8.29. The molecule has 0 unspecified atom stereocenters. The molecule has 1 aliphatic heterocycles. The van der Waals surface area contributed by atoms with Crippen molar-refractivity contribution in [3.8, 4) is 5.75 Å². The number of nitrogens with zero attached hydrogens (tertiary/aromatic N) is 1. The third-order valence-corrected chi connectivity index (χ3v) is 4.27. The van der Waals surface area contributed by atoms with Crippen molar-refractivity contribution < 1.29 is 4.74 Å². The maximum Gasteiger partial charge on any atom is 0.120 e. The highest BCUT2D eigenvalue weighted by Crippen LogP contribution is 2.16. The number of aryl methyl sites for hydroxylation is 1. The van der Waals surface area contributed by atoms with E-state index < -0.39 is 0 Å². The van der Waals surface area contributed by atoms with Gasteiger partial charge in [-0.05, 0) is 61.7 Å². The standard InChI is InChI=1S/C20H25NO/c1-17-6-5-7-20(14-17)22-16-19-10-8-18(9-11-19)15-21-12-3-2-4-13-21/h5-11,14H,2-4,12-13,15-16H2,1H3. The molecule has 1 heterocycles. The third kappa shape index (κ3) is 4.35. The molecule has 0 aromatic heterocycles. The Balaban J connectivity index is 1.52. The van der Waals surface area contributed by atoms with Crippen molar-refractivity contribution in [2.24, 2.45) is 0 Å². The summed E-state index contributed by atoms with van der Waals surface area (Å²) in [4.78, 5) is 2.56. The van der Waals surface area contributed by atoms with E-state index in [1.807, 2.05) is 12.1 Å². The molecule has 0 radical (unpaired) electrons. The molecule has 0 atom stereocenters. The molecular formula is C20H25NO. The molecule has 0 amide bonds. The Bertz CT molecular complexity index is 585. The van der Waals surface area contributed by atoms with Gasteiger partial charge in [0.15, 0.2) is 0 Å². The quantitative estimate of drug-likeness (QED) is 0.801. The highest BCUT2D eigenvalue weighted by molar-refractivity contribution is 5.28. The van der Waals surface area contributed by atoms with E-state index in [4.69, 9.17) is 4.74 Å². The predicted octanol–water partition coefficient (Wildman–Crippen LogP) is 4.56. The number of piperidine rings is 1. The molecule has 0 spiro atoms. The summed E-state index contributed by atoms with van der Waals surface area (Å²) < 4.78 is 5.85. The number of rotatable bonds is 5. The van der Waals surface area contributed by atoms with E-state index in [2.05, 4.69) is 48.2 Å². The van der Waals surface area contributed by atoms with Gasteiger partial charge in [0.2, 0.25) is 0 Å². The minimum atomic E-state index is 0.632. The minimum absolute atomic E-state index is 0.632. The first-order chi connectivity index (χ1) is 10.8. The van der Waals surface area contributed by atoms with E-state index in [-0.39, 0.29) is 0 Å². The van der Waals surface area contributed by atoms with Gasteiger partial charge in [0.25, 0.3) is 0 Å². The average Bonchev–Trinajstić information content (AvgIpc) is 2.55. The van der Waals surface area contributed by atoms with Crippen LogP contribution in [0.2, 0.25) is 0 Å². The lowest BCUT2D eigenvalue weighted by Gasteiger charge is -2.26. The van der Waals surface area contributed by atoms with Crippen LogP contribution < -0.4 is 4.74 Å². The molecule has 116 valence electrons. The summed E-state index contributed by atoms with van der Waals surface area (Å²) in [5.74, 6) is 0.942. The van der Waals surface area contributed by atoms with E-state index in [1.165, 1.54) is 49.0 Å². The van der Waals surface area contributed by atoms with Crippen LogP contribution in [0, 0.1) is 6.92 Å². The molecule has 0 aliphatic carbocycles. The second kappa shape index (κ2) is 7.46. The fraction of sp³-hybridized carbons (Fsp3) is 0.400. The normalized spacial score (nSPS) is 15.7. The van der Waals surface area contributed by atoms with Gasteiger partial charge in [-0.25, -0.2) is 0 Å². The van der Waals surface area contributed by atoms with Gasteiger partial charge in [0, 0.05) is 6.54 Å². The first-order valence-corrected chi connectivity index (χ1v) is 8.29. The molecule has 0 N–H and O–H groups in total. The Hall–Kier alpha value is -1.80. The van der Waals surface area contributed by atoms with E-state index >= 15 is 0 Å². The van der Waals surface area contributed by atoms with E-state index in [0.717, 1.165) is 12.3 Å². The Labute approximate surface area is 133 Å². The second-order valence-corrected chi connectivity index (χ2v) is 6.26. The van der Waals surface area contributed by atoms with Gasteiger partial charge in [-0.1, -0.05) is 42.8 Å². The summed E-state index contributed by atoms with van der Waals surface area (Å²) in [6.07, 6.45) is 4.09. The van der Waals surface area contributed by atoms with Crippen LogP contribution >= 0.6 is 0 Å². The largest absolute Gasteiger partial charge is 0.489 e. The molecule has 2 aromatic rings. The summed E-state index contributed by atoms with van der Waals surface area (Å²) in [7, 11) is 0. The van der Waals surface area contributed by atoms with E-state index in [9.17, 15) is 0 Å². The Kier molecular flexibility index (Phi) is 5.12. The summed E-state index contributed by atoms with van der Waals surface area (Å²) in [5.41, 5.74) is 3.86. The lowest BCUT2D eigenvalue weighted by atomic mass is 10.1. The molecule has 0 bridgehead atoms. The number of ether oxygens (including phenoxy) is 1. The maximum absolute atomic E-state index is 5.85. The van der Waals surface area contributed by atoms with Crippen LogP contribution in [-0.4, -0.2) is 18.0 Å². The van der Waals surface area contributed by atoms with Gasteiger partial charge in [-0.15, -0.1) is 0 Å². The summed E-state index contributed by atoms with van der Waals surface area (Å²) in [6, 6.07) is 17.1. The molecule has 3 rings (SSSR count). The lowest BCUT2D eigenvalue weighted by molar-refractivity contribution is 0.221.